The fraction of sp³-hybridized carbons (Fsp3) is 0.0800. The lowest BCUT2D eigenvalue weighted by Gasteiger charge is -2.07. The molecule has 28 heavy (non-hydrogen) atoms. The average Bonchev–Trinajstić information content (AvgIpc) is 3.18. The maximum Gasteiger partial charge on any atom is 0.140 e. The number of aromatic nitrogens is 2. The molecule has 5 aromatic rings. The van der Waals surface area contributed by atoms with E-state index in [-0.39, 0.29) is 6.61 Å². The summed E-state index contributed by atoms with van der Waals surface area (Å²) in [5, 5.41) is 11.9. The van der Waals surface area contributed by atoms with Crippen molar-refractivity contribution in [1.82, 2.24) is 9.38 Å². The molecule has 3 aromatic carbocycles. The first kappa shape index (κ1) is 16.7. The van der Waals surface area contributed by atoms with Gasteiger partial charge < -0.3 is 9.51 Å². The van der Waals surface area contributed by atoms with Gasteiger partial charge in [-0.25, -0.2) is 4.98 Å². The summed E-state index contributed by atoms with van der Waals surface area (Å²) in [5.74, 6) is 0. The zero-order chi connectivity index (χ0) is 19.1. The summed E-state index contributed by atoms with van der Waals surface area (Å²) in [4.78, 5) is 4.88. The SMILES string of the molecule is Cc1cc(-c2cccc(CO)c2)cn2cc(-c3ccc4ccccc4c3)nc12. The van der Waals surface area contributed by atoms with Crippen LogP contribution in [-0.2, 0) is 6.61 Å². The summed E-state index contributed by atoms with van der Waals surface area (Å²) in [6.07, 6.45) is 4.20. The Morgan fingerprint density at radius 2 is 1.64 bits per heavy atom. The number of fused-ring (bicyclic) bond motifs is 2. The number of rotatable bonds is 3. The van der Waals surface area contributed by atoms with Crippen LogP contribution in [0.4, 0.5) is 0 Å². The van der Waals surface area contributed by atoms with Crippen LogP contribution in [0, 0.1) is 6.92 Å². The number of aliphatic hydroxyl groups excluding tert-OH is 1. The van der Waals surface area contributed by atoms with Crippen molar-refractivity contribution in [2.45, 2.75) is 13.5 Å². The molecule has 0 saturated heterocycles. The molecule has 3 heteroatoms. The molecule has 2 aromatic heterocycles. The maximum absolute atomic E-state index is 9.42. The van der Waals surface area contributed by atoms with Crippen molar-refractivity contribution in [2.24, 2.45) is 0 Å². The smallest absolute Gasteiger partial charge is 0.140 e. The summed E-state index contributed by atoms with van der Waals surface area (Å²) in [7, 11) is 0. The zero-order valence-electron chi connectivity index (χ0n) is 15.6. The third-order valence-corrected chi connectivity index (χ3v) is 5.22. The van der Waals surface area contributed by atoms with Gasteiger partial charge >= 0.3 is 0 Å². The number of aryl methyl sites for hydroxylation is 1. The molecule has 0 aliphatic heterocycles. The molecule has 0 saturated carbocycles. The van der Waals surface area contributed by atoms with E-state index < -0.39 is 0 Å². The number of aliphatic hydroxyl groups is 1. The van der Waals surface area contributed by atoms with Crippen LogP contribution in [0.3, 0.4) is 0 Å². The Kier molecular flexibility index (Phi) is 3.96. The first-order chi connectivity index (χ1) is 13.7. The highest BCUT2D eigenvalue weighted by Crippen LogP contribution is 2.28. The zero-order valence-corrected chi connectivity index (χ0v) is 15.6. The minimum Gasteiger partial charge on any atom is -0.392 e. The normalized spacial score (nSPS) is 11.4. The molecule has 0 fully saturated rings. The molecule has 0 aliphatic rings. The van der Waals surface area contributed by atoms with Crippen molar-refractivity contribution >= 4 is 16.4 Å². The van der Waals surface area contributed by atoms with E-state index in [0.717, 1.165) is 39.2 Å². The fourth-order valence-corrected chi connectivity index (χ4v) is 3.76. The van der Waals surface area contributed by atoms with Crippen molar-refractivity contribution < 1.29 is 5.11 Å². The van der Waals surface area contributed by atoms with Crippen molar-refractivity contribution in [3.63, 3.8) is 0 Å². The predicted molar refractivity (Wildman–Crippen MR) is 114 cm³/mol. The molecule has 0 atom stereocenters. The molecule has 0 amide bonds. The van der Waals surface area contributed by atoms with Crippen LogP contribution in [0.5, 0.6) is 0 Å². The van der Waals surface area contributed by atoms with Gasteiger partial charge in [-0.15, -0.1) is 0 Å². The minimum absolute atomic E-state index is 0.0479. The van der Waals surface area contributed by atoms with E-state index >= 15 is 0 Å². The van der Waals surface area contributed by atoms with Gasteiger partial charge in [0, 0.05) is 18.0 Å². The molecule has 5 rings (SSSR count). The highest BCUT2D eigenvalue weighted by molar-refractivity contribution is 5.87. The van der Waals surface area contributed by atoms with Gasteiger partial charge in [-0.3, -0.25) is 0 Å². The van der Waals surface area contributed by atoms with E-state index in [4.69, 9.17) is 4.98 Å². The molecule has 1 N–H and O–H groups in total. The van der Waals surface area contributed by atoms with Gasteiger partial charge in [-0.05, 0) is 58.1 Å². The molecular weight excluding hydrogens is 344 g/mol. The lowest BCUT2D eigenvalue weighted by molar-refractivity contribution is 0.282. The van der Waals surface area contributed by atoms with Crippen LogP contribution in [0.1, 0.15) is 11.1 Å². The molecule has 0 radical (unpaired) electrons. The third-order valence-electron chi connectivity index (χ3n) is 5.22. The Balaban J connectivity index is 1.63. The van der Waals surface area contributed by atoms with E-state index in [9.17, 15) is 5.11 Å². The fourth-order valence-electron chi connectivity index (χ4n) is 3.76. The highest BCUT2D eigenvalue weighted by Gasteiger charge is 2.10. The average molecular weight is 364 g/mol. The van der Waals surface area contributed by atoms with Crippen LogP contribution in [0.25, 0.3) is 38.8 Å². The van der Waals surface area contributed by atoms with E-state index in [1.54, 1.807) is 0 Å². The van der Waals surface area contributed by atoms with E-state index in [2.05, 4.69) is 78.3 Å². The lowest BCUT2D eigenvalue weighted by atomic mass is 10.0. The Labute approximate surface area is 163 Å². The standard InChI is InChI=1S/C25H20N2O/c1-17-11-23(20-8-4-5-18(12-20)16-28)14-27-15-24(26-25(17)27)22-10-9-19-6-2-3-7-21(19)13-22/h2-15,28H,16H2,1H3. The highest BCUT2D eigenvalue weighted by atomic mass is 16.3. The monoisotopic (exact) mass is 364 g/mol. The number of benzene rings is 3. The molecule has 3 nitrogen and oxygen atoms in total. The first-order valence-electron chi connectivity index (χ1n) is 9.40. The van der Waals surface area contributed by atoms with Gasteiger partial charge in [0.25, 0.3) is 0 Å². The largest absolute Gasteiger partial charge is 0.392 e. The van der Waals surface area contributed by atoms with Crippen molar-refractivity contribution in [2.75, 3.05) is 0 Å². The molecule has 136 valence electrons. The lowest BCUT2D eigenvalue weighted by Crippen LogP contribution is -1.91. The first-order valence-corrected chi connectivity index (χ1v) is 9.40. The summed E-state index contributed by atoms with van der Waals surface area (Å²) >= 11 is 0. The molecule has 0 spiro atoms. The van der Waals surface area contributed by atoms with E-state index in [1.165, 1.54) is 10.8 Å². The number of hydrogen-bond donors (Lipinski definition) is 1. The molecule has 0 bridgehead atoms. The third kappa shape index (κ3) is 2.86. The van der Waals surface area contributed by atoms with Crippen molar-refractivity contribution in [1.29, 1.82) is 0 Å². The van der Waals surface area contributed by atoms with Gasteiger partial charge in [-0.1, -0.05) is 54.6 Å². The van der Waals surface area contributed by atoms with Crippen molar-refractivity contribution in [3.05, 3.63) is 96.3 Å². The van der Waals surface area contributed by atoms with Crippen LogP contribution in [-0.4, -0.2) is 14.5 Å². The quantitative estimate of drug-likeness (QED) is 0.451. The second-order valence-electron chi connectivity index (χ2n) is 7.19. The molecule has 0 aliphatic carbocycles. The molecular formula is C25H20N2O. The van der Waals surface area contributed by atoms with E-state index in [1.807, 2.05) is 18.2 Å². The number of imidazole rings is 1. The Bertz CT molecular complexity index is 1320. The maximum atomic E-state index is 9.42. The minimum atomic E-state index is 0.0479. The second kappa shape index (κ2) is 6.63. The van der Waals surface area contributed by atoms with Crippen LogP contribution >= 0.6 is 0 Å². The number of hydrogen-bond acceptors (Lipinski definition) is 2. The van der Waals surface area contributed by atoms with Gasteiger partial charge in [0.15, 0.2) is 0 Å². The van der Waals surface area contributed by atoms with Crippen LogP contribution < -0.4 is 0 Å². The molecule has 0 unspecified atom stereocenters. The number of nitrogens with zero attached hydrogens (tertiary/aromatic N) is 2. The summed E-state index contributed by atoms with van der Waals surface area (Å²) in [5.41, 5.74) is 7.29. The van der Waals surface area contributed by atoms with Crippen LogP contribution in [0.2, 0.25) is 0 Å². The Morgan fingerprint density at radius 1 is 0.786 bits per heavy atom. The predicted octanol–water partition coefficient (Wildman–Crippen LogP) is 5.62. The van der Waals surface area contributed by atoms with Gasteiger partial charge in [0.2, 0.25) is 0 Å². The summed E-state index contributed by atoms with van der Waals surface area (Å²) in [6.45, 7) is 2.14. The summed E-state index contributed by atoms with van der Waals surface area (Å²) < 4.78 is 2.10. The van der Waals surface area contributed by atoms with Gasteiger partial charge in [0.1, 0.15) is 5.65 Å². The second-order valence-corrected chi connectivity index (χ2v) is 7.19. The summed E-state index contributed by atoms with van der Waals surface area (Å²) in [6, 6.07) is 25.0. The van der Waals surface area contributed by atoms with Crippen LogP contribution in [0.15, 0.2) is 85.2 Å². The molecule has 2 heterocycles. The van der Waals surface area contributed by atoms with Gasteiger partial charge in [0.05, 0.1) is 12.3 Å². The van der Waals surface area contributed by atoms with Gasteiger partial charge in [-0.2, -0.15) is 0 Å². The Morgan fingerprint density at radius 3 is 2.50 bits per heavy atom. The van der Waals surface area contributed by atoms with Crippen molar-refractivity contribution in [3.8, 4) is 22.4 Å². The Hall–Kier alpha value is -3.43. The number of pyridine rings is 1. The topological polar surface area (TPSA) is 37.5 Å². The van der Waals surface area contributed by atoms with E-state index in [0.29, 0.717) is 0 Å².